The van der Waals surface area contributed by atoms with Gasteiger partial charge in [-0.3, -0.25) is 5.01 Å². The highest BCUT2D eigenvalue weighted by molar-refractivity contribution is 5.80. The van der Waals surface area contributed by atoms with Crippen LogP contribution in [0.5, 0.6) is 17.2 Å². The van der Waals surface area contributed by atoms with Gasteiger partial charge >= 0.3 is 0 Å². The van der Waals surface area contributed by atoms with Crippen LogP contribution in [0, 0.1) is 0 Å². The van der Waals surface area contributed by atoms with E-state index >= 15 is 0 Å². The predicted molar refractivity (Wildman–Crippen MR) is 117 cm³/mol. The number of anilines is 1. The fourth-order valence-corrected chi connectivity index (χ4v) is 3.37. The van der Waals surface area contributed by atoms with E-state index in [1.54, 1.807) is 7.11 Å². The number of rotatable bonds is 6. The largest absolute Gasteiger partial charge is 0.495 e. The number of nitrogens with zero attached hydrogens (tertiary/aromatic N) is 3. The lowest BCUT2D eigenvalue weighted by molar-refractivity contribution is 0.271. The van der Waals surface area contributed by atoms with E-state index in [4.69, 9.17) is 9.47 Å². The molecule has 0 amide bonds. The van der Waals surface area contributed by atoms with Crippen LogP contribution in [0.1, 0.15) is 5.56 Å². The second kappa shape index (κ2) is 9.15. The summed E-state index contributed by atoms with van der Waals surface area (Å²) < 4.78 is 11.4. The van der Waals surface area contributed by atoms with E-state index in [0.29, 0.717) is 0 Å². The lowest BCUT2D eigenvalue weighted by Crippen LogP contribution is -2.44. The molecule has 1 fully saturated rings. The first-order chi connectivity index (χ1) is 14.3. The van der Waals surface area contributed by atoms with Gasteiger partial charge in [-0.15, -0.1) is 0 Å². The van der Waals surface area contributed by atoms with E-state index in [-0.39, 0.29) is 0 Å². The van der Waals surface area contributed by atoms with Crippen molar-refractivity contribution in [1.29, 1.82) is 0 Å². The monoisotopic (exact) mass is 387 g/mol. The number of piperazine rings is 1. The van der Waals surface area contributed by atoms with Crippen molar-refractivity contribution >= 4 is 11.9 Å². The molecule has 1 aliphatic rings. The zero-order valence-electron chi connectivity index (χ0n) is 16.6. The predicted octanol–water partition coefficient (Wildman–Crippen LogP) is 4.64. The molecule has 3 aromatic carbocycles. The molecule has 1 saturated heterocycles. The van der Waals surface area contributed by atoms with Gasteiger partial charge < -0.3 is 14.4 Å². The molecule has 0 spiro atoms. The van der Waals surface area contributed by atoms with Crippen LogP contribution in [-0.4, -0.2) is 44.5 Å². The van der Waals surface area contributed by atoms with Gasteiger partial charge in [0.1, 0.15) is 17.2 Å². The first-order valence-corrected chi connectivity index (χ1v) is 9.82. The highest BCUT2D eigenvalue weighted by atomic mass is 16.5. The molecule has 4 rings (SSSR count). The molecular weight excluding hydrogens is 362 g/mol. The average Bonchev–Trinajstić information content (AvgIpc) is 2.79. The molecule has 0 aliphatic carbocycles. The molecule has 0 saturated carbocycles. The molecule has 0 unspecified atom stereocenters. The summed E-state index contributed by atoms with van der Waals surface area (Å²) in [5.41, 5.74) is 2.16. The Morgan fingerprint density at radius 3 is 2.31 bits per heavy atom. The van der Waals surface area contributed by atoms with E-state index in [2.05, 4.69) is 21.1 Å². The van der Waals surface area contributed by atoms with Crippen molar-refractivity contribution in [3.63, 3.8) is 0 Å². The van der Waals surface area contributed by atoms with E-state index in [0.717, 1.165) is 54.7 Å². The zero-order chi connectivity index (χ0) is 19.9. The fourth-order valence-electron chi connectivity index (χ4n) is 3.37. The molecule has 5 heteroatoms. The Morgan fingerprint density at radius 2 is 1.52 bits per heavy atom. The van der Waals surface area contributed by atoms with Gasteiger partial charge in [0, 0.05) is 13.1 Å². The van der Waals surface area contributed by atoms with Crippen LogP contribution in [0.25, 0.3) is 0 Å². The number of hydrogen-bond acceptors (Lipinski definition) is 5. The van der Waals surface area contributed by atoms with Crippen molar-refractivity contribution in [3.8, 4) is 17.2 Å². The standard InChI is InChI=1S/C24H25N3O2/c1-28-24-13-6-5-12-23(24)26-14-16-27(17-15-26)25-19-20-8-7-11-22(18-20)29-21-9-3-2-4-10-21/h2-13,18-19H,14-17H2,1H3/b25-19-. The number of hydrogen-bond donors (Lipinski definition) is 0. The van der Waals surface area contributed by atoms with Crippen LogP contribution >= 0.6 is 0 Å². The van der Waals surface area contributed by atoms with Crippen LogP contribution in [0.2, 0.25) is 0 Å². The molecule has 3 aromatic rings. The van der Waals surface area contributed by atoms with Gasteiger partial charge in [-0.1, -0.05) is 42.5 Å². The lowest BCUT2D eigenvalue weighted by Gasteiger charge is -2.35. The molecule has 0 radical (unpaired) electrons. The maximum atomic E-state index is 5.90. The maximum Gasteiger partial charge on any atom is 0.142 e. The molecule has 1 aliphatic heterocycles. The Morgan fingerprint density at radius 1 is 0.793 bits per heavy atom. The van der Waals surface area contributed by atoms with Crippen molar-refractivity contribution in [2.45, 2.75) is 0 Å². The molecule has 1 heterocycles. The van der Waals surface area contributed by atoms with Crippen LogP contribution in [0.15, 0.2) is 84.0 Å². The Labute approximate surface area is 171 Å². The Bertz CT molecular complexity index is 951. The molecule has 29 heavy (non-hydrogen) atoms. The van der Waals surface area contributed by atoms with E-state index in [9.17, 15) is 0 Å². The smallest absolute Gasteiger partial charge is 0.142 e. The Kier molecular flexibility index (Phi) is 5.95. The topological polar surface area (TPSA) is 37.3 Å². The van der Waals surface area contributed by atoms with Gasteiger partial charge in [-0.25, -0.2) is 0 Å². The fraction of sp³-hybridized carbons (Fsp3) is 0.208. The minimum atomic E-state index is 0.807. The lowest BCUT2D eigenvalue weighted by atomic mass is 10.2. The Hall–Kier alpha value is -3.47. The van der Waals surface area contributed by atoms with Gasteiger partial charge in [0.15, 0.2) is 0 Å². The van der Waals surface area contributed by atoms with Gasteiger partial charge in [-0.2, -0.15) is 5.10 Å². The van der Waals surface area contributed by atoms with Gasteiger partial charge in [0.05, 0.1) is 32.1 Å². The average molecular weight is 387 g/mol. The molecular formula is C24H25N3O2. The number of benzene rings is 3. The second-order valence-corrected chi connectivity index (χ2v) is 6.84. The normalized spacial score (nSPS) is 14.2. The summed E-state index contributed by atoms with van der Waals surface area (Å²) in [6, 6.07) is 25.9. The van der Waals surface area contributed by atoms with Gasteiger partial charge in [0.2, 0.25) is 0 Å². The third-order valence-electron chi connectivity index (χ3n) is 4.89. The van der Waals surface area contributed by atoms with Crippen molar-refractivity contribution in [3.05, 3.63) is 84.4 Å². The summed E-state index contributed by atoms with van der Waals surface area (Å²) in [5.74, 6) is 2.55. The van der Waals surface area contributed by atoms with Crippen molar-refractivity contribution in [2.75, 3.05) is 38.2 Å². The third-order valence-corrected chi connectivity index (χ3v) is 4.89. The number of para-hydroxylation sites is 3. The highest BCUT2D eigenvalue weighted by Crippen LogP contribution is 2.28. The summed E-state index contributed by atoms with van der Waals surface area (Å²) >= 11 is 0. The summed E-state index contributed by atoms with van der Waals surface area (Å²) in [6.45, 7) is 3.56. The highest BCUT2D eigenvalue weighted by Gasteiger charge is 2.18. The molecule has 5 nitrogen and oxygen atoms in total. The van der Waals surface area contributed by atoms with E-state index < -0.39 is 0 Å². The molecule has 0 atom stereocenters. The van der Waals surface area contributed by atoms with Gasteiger partial charge in [-0.05, 0) is 42.0 Å². The summed E-state index contributed by atoms with van der Waals surface area (Å²) in [4.78, 5) is 2.35. The van der Waals surface area contributed by atoms with Crippen LogP contribution in [-0.2, 0) is 0 Å². The Balaban J connectivity index is 1.35. The van der Waals surface area contributed by atoms with Crippen molar-refractivity contribution in [1.82, 2.24) is 5.01 Å². The number of ether oxygens (including phenoxy) is 2. The maximum absolute atomic E-state index is 5.90. The quantitative estimate of drug-likeness (QED) is 0.577. The second-order valence-electron chi connectivity index (χ2n) is 6.84. The van der Waals surface area contributed by atoms with Crippen LogP contribution in [0.4, 0.5) is 5.69 Å². The van der Waals surface area contributed by atoms with Gasteiger partial charge in [0.25, 0.3) is 0 Å². The molecule has 148 valence electrons. The van der Waals surface area contributed by atoms with Crippen molar-refractivity contribution < 1.29 is 9.47 Å². The first-order valence-electron chi connectivity index (χ1n) is 9.82. The minimum Gasteiger partial charge on any atom is -0.495 e. The first kappa shape index (κ1) is 18.9. The van der Waals surface area contributed by atoms with Crippen LogP contribution < -0.4 is 14.4 Å². The summed E-state index contributed by atoms with van der Waals surface area (Å²) in [7, 11) is 1.72. The summed E-state index contributed by atoms with van der Waals surface area (Å²) in [6.07, 6.45) is 1.90. The number of methoxy groups -OCH3 is 1. The molecule has 0 N–H and O–H groups in total. The van der Waals surface area contributed by atoms with Crippen LogP contribution in [0.3, 0.4) is 0 Å². The third kappa shape index (κ3) is 4.88. The minimum absolute atomic E-state index is 0.807. The van der Waals surface area contributed by atoms with E-state index in [1.165, 1.54) is 0 Å². The SMILES string of the molecule is COc1ccccc1N1CCN(/N=C\c2cccc(Oc3ccccc3)c2)CC1. The zero-order valence-corrected chi connectivity index (χ0v) is 16.6. The summed E-state index contributed by atoms with van der Waals surface area (Å²) in [5, 5.41) is 6.77. The van der Waals surface area contributed by atoms with E-state index in [1.807, 2.05) is 79.0 Å². The van der Waals surface area contributed by atoms with Crippen molar-refractivity contribution in [2.24, 2.45) is 5.10 Å². The molecule has 0 aromatic heterocycles. The number of hydrazone groups is 1. The molecule has 0 bridgehead atoms.